The third-order valence-corrected chi connectivity index (χ3v) is 3.69. The Kier molecular flexibility index (Phi) is 3.52. The van der Waals surface area contributed by atoms with Gasteiger partial charge in [0, 0.05) is 6.42 Å². The number of ether oxygens (including phenoxy) is 2. The van der Waals surface area contributed by atoms with E-state index in [-0.39, 0.29) is 6.10 Å². The van der Waals surface area contributed by atoms with Crippen LogP contribution in [0.5, 0.6) is 5.75 Å². The van der Waals surface area contributed by atoms with E-state index < -0.39 is 6.10 Å². The highest BCUT2D eigenvalue weighted by Crippen LogP contribution is 2.36. The van der Waals surface area contributed by atoms with Crippen LogP contribution >= 0.6 is 0 Å². The lowest BCUT2D eigenvalue weighted by molar-refractivity contribution is -0.124. The molecule has 0 aliphatic carbocycles. The van der Waals surface area contributed by atoms with Crippen molar-refractivity contribution in [3.63, 3.8) is 0 Å². The number of hydrogen-bond acceptors (Lipinski definition) is 3. The summed E-state index contributed by atoms with van der Waals surface area (Å²) in [5, 5.41) is 0. The molecule has 3 rings (SSSR count). The van der Waals surface area contributed by atoms with Gasteiger partial charge in [-0.3, -0.25) is 0 Å². The molecule has 2 atom stereocenters. The monoisotopic (exact) mass is 268 g/mol. The number of aldehydes is 1. The van der Waals surface area contributed by atoms with E-state index in [9.17, 15) is 4.79 Å². The highest BCUT2D eigenvalue weighted by atomic mass is 16.5. The Labute approximate surface area is 118 Å². The van der Waals surface area contributed by atoms with Crippen LogP contribution in [-0.4, -0.2) is 13.4 Å². The maximum absolute atomic E-state index is 11.3. The molecule has 1 aliphatic rings. The molecule has 2 aromatic carbocycles. The van der Waals surface area contributed by atoms with Gasteiger partial charge < -0.3 is 14.3 Å². The van der Waals surface area contributed by atoms with Crippen LogP contribution in [0.4, 0.5) is 0 Å². The normalized spacial score (nSPS) is 21.1. The van der Waals surface area contributed by atoms with Gasteiger partial charge in [-0.15, -0.1) is 0 Å². The van der Waals surface area contributed by atoms with Gasteiger partial charge in [0.15, 0.2) is 6.29 Å². The van der Waals surface area contributed by atoms with Gasteiger partial charge in [0.25, 0.3) is 0 Å². The number of carbonyl (C=O) groups is 1. The first-order valence-electron chi connectivity index (χ1n) is 6.64. The van der Waals surface area contributed by atoms with Gasteiger partial charge in [-0.25, -0.2) is 0 Å². The molecule has 2 aromatic rings. The van der Waals surface area contributed by atoms with Gasteiger partial charge in [-0.05, 0) is 28.8 Å². The zero-order valence-electron chi connectivity index (χ0n) is 11.3. The van der Waals surface area contributed by atoms with Crippen LogP contribution < -0.4 is 4.74 Å². The van der Waals surface area contributed by atoms with Crippen molar-refractivity contribution in [3.8, 4) is 5.75 Å². The summed E-state index contributed by atoms with van der Waals surface area (Å²) in [6.45, 7) is 0. The second kappa shape index (κ2) is 5.47. The van der Waals surface area contributed by atoms with E-state index in [4.69, 9.17) is 9.47 Å². The Morgan fingerprint density at radius 1 is 1.15 bits per heavy atom. The first-order valence-corrected chi connectivity index (χ1v) is 6.64. The number of fused-ring (bicyclic) bond motifs is 1. The minimum atomic E-state index is -0.480. The largest absolute Gasteiger partial charge is 0.497 e. The summed E-state index contributed by atoms with van der Waals surface area (Å²) in [7, 11) is 1.64. The van der Waals surface area contributed by atoms with E-state index >= 15 is 0 Å². The number of hydrogen-bond donors (Lipinski definition) is 0. The molecule has 3 nitrogen and oxygen atoms in total. The van der Waals surface area contributed by atoms with Gasteiger partial charge in [-0.1, -0.05) is 36.4 Å². The number of rotatable bonds is 3. The molecule has 3 heteroatoms. The average molecular weight is 268 g/mol. The van der Waals surface area contributed by atoms with Gasteiger partial charge in [0.2, 0.25) is 0 Å². The van der Waals surface area contributed by atoms with Crippen molar-refractivity contribution >= 4 is 6.29 Å². The van der Waals surface area contributed by atoms with Crippen LogP contribution in [0.15, 0.2) is 48.5 Å². The molecule has 0 bridgehead atoms. The summed E-state index contributed by atoms with van der Waals surface area (Å²) >= 11 is 0. The van der Waals surface area contributed by atoms with E-state index in [1.165, 1.54) is 5.56 Å². The first kappa shape index (κ1) is 12.9. The van der Waals surface area contributed by atoms with Crippen LogP contribution in [0.3, 0.4) is 0 Å². The van der Waals surface area contributed by atoms with E-state index in [0.717, 1.165) is 29.6 Å². The molecule has 20 heavy (non-hydrogen) atoms. The summed E-state index contributed by atoms with van der Waals surface area (Å²) in [5.41, 5.74) is 3.22. The molecule has 102 valence electrons. The second-order valence-corrected chi connectivity index (χ2v) is 4.86. The van der Waals surface area contributed by atoms with Crippen molar-refractivity contribution in [2.24, 2.45) is 0 Å². The van der Waals surface area contributed by atoms with Crippen molar-refractivity contribution in [1.82, 2.24) is 0 Å². The number of benzene rings is 2. The zero-order chi connectivity index (χ0) is 13.9. The van der Waals surface area contributed by atoms with Gasteiger partial charge >= 0.3 is 0 Å². The third-order valence-electron chi connectivity index (χ3n) is 3.69. The van der Waals surface area contributed by atoms with Crippen LogP contribution in [0.2, 0.25) is 0 Å². The quantitative estimate of drug-likeness (QED) is 0.802. The Morgan fingerprint density at radius 2 is 1.90 bits per heavy atom. The van der Waals surface area contributed by atoms with E-state index in [1.54, 1.807) is 7.11 Å². The van der Waals surface area contributed by atoms with Crippen LogP contribution in [0.25, 0.3) is 0 Å². The van der Waals surface area contributed by atoms with Crippen molar-refractivity contribution in [2.45, 2.75) is 18.6 Å². The number of methoxy groups -OCH3 is 1. The Bertz CT molecular complexity index is 604. The fourth-order valence-electron chi connectivity index (χ4n) is 2.62. The van der Waals surface area contributed by atoms with Crippen molar-refractivity contribution in [1.29, 1.82) is 0 Å². The van der Waals surface area contributed by atoms with Crippen molar-refractivity contribution < 1.29 is 14.3 Å². The maximum atomic E-state index is 11.3. The minimum absolute atomic E-state index is 0.0917. The Hall–Kier alpha value is -2.13. The molecular formula is C17H16O3. The molecule has 0 amide bonds. The van der Waals surface area contributed by atoms with E-state index in [2.05, 4.69) is 6.07 Å². The lowest BCUT2D eigenvalue weighted by Crippen LogP contribution is -2.21. The smallest absolute Gasteiger partial charge is 0.153 e. The van der Waals surface area contributed by atoms with Crippen LogP contribution in [-0.2, 0) is 16.0 Å². The third kappa shape index (κ3) is 2.32. The Morgan fingerprint density at radius 3 is 2.60 bits per heavy atom. The topological polar surface area (TPSA) is 35.5 Å². The van der Waals surface area contributed by atoms with Crippen LogP contribution in [0, 0.1) is 0 Å². The fraction of sp³-hybridized carbons (Fsp3) is 0.235. The molecule has 1 aliphatic heterocycles. The lowest BCUT2D eigenvalue weighted by Gasteiger charge is -2.29. The molecule has 0 aromatic heterocycles. The summed E-state index contributed by atoms with van der Waals surface area (Å²) in [5.74, 6) is 0.817. The molecule has 0 saturated heterocycles. The number of carbonyl (C=O) groups excluding carboxylic acids is 1. The molecule has 2 unspecified atom stereocenters. The fourth-order valence-corrected chi connectivity index (χ4v) is 2.62. The summed E-state index contributed by atoms with van der Waals surface area (Å²) < 4.78 is 11.1. The standard InChI is InChI=1S/C17H16O3/c1-19-14-8-6-12(7-9-14)16-10-13-4-2-3-5-15(13)17(11-18)20-16/h2-9,11,16-17H,10H2,1H3. The minimum Gasteiger partial charge on any atom is -0.497 e. The predicted molar refractivity (Wildman–Crippen MR) is 75.8 cm³/mol. The van der Waals surface area contributed by atoms with Gasteiger partial charge in [-0.2, -0.15) is 0 Å². The Balaban J connectivity index is 1.91. The van der Waals surface area contributed by atoms with E-state index in [0.29, 0.717) is 0 Å². The highest BCUT2D eigenvalue weighted by molar-refractivity contribution is 5.62. The van der Waals surface area contributed by atoms with Crippen molar-refractivity contribution in [2.75, 3.05) is 7.11 Å². The average Bonchev–Trinajstić information content (AvgIpc) is 2.54. The lowest BCUT2D eigenvalue weighted by atomic mass is 9.92. The van der Waals surface area contributed by atoms with Crippen LogP contribution in [0.1, 0.15) is 28.9 Å². The summed E-state index contributed by atoms with van der Waals surface area (Å²) in [6, 6.07) is 15.7. The predicted octanol–water partition coefficient (Wildman–Crippen LogP) is 3.25. The van der Waals surface area contributed by atoms with E-state index in [1.807, 2.05) is 42.5 Å². The van der Waals surface area contributed by atoms with Gasteiger partial charge in [0.1, 0.15) is 11.9 Å². The molecule has 0 spiro atoms. The zero-order valence-corrected chi connectivity index (χ0v) is 11.3. The highest BCUT2D eigenvalue weighted by Gasteiger charge is 2.27. The molecule has 0 N–H and O–H groups in total. The molecule has 1 heterocycles. The SMILES string of the molecule is COc1ccc(C2Cc3ccccc3C(C=O)O2)cc1. The first-order chi connectivity index (χ1) is 9.81. The molecule has 0 radical (unpaired) electrons. The molecule has 0 saturated carbocycles. The second-order valence-electron chi connectivity index (χ2n) is 4.86. The summed E-state index contributed by atoms with van der Waals surface area (Å²) in [6.07, 6.45) is 1.08. The van der Waals surface area contributed by atoms with Gasteiger partial charge in [0.05, 0.1) is 13.2 Å². The van der Waals surface area contributed by atoms with Crippen molar-refractivity contribution in [3.05, 3.63) is 65.2 Å². The molecular weight excluding hydrogens is 252 g/mol. The summed E-state index contributed by atoms with van der Waals surface area (Å²) in [4.78, 5) is 11.3. The molecule has 0 fully saturated rings. The maximum Gasteiger partial charge on any atom is 0.153 e.